The lowest BCUT2D eigenvalue weighted by molar-refractivity contribution is -0.384. The number of non-ortho nitro benzene ring substituents is 1. The first-order chi connectivity index (χ1) is 9.61. The number of nitro benzene ring substituents is 1. The van der Waals surface area contributed by atoms with Crippen LogP contribution in [0.1, 0.15) is 38.2 Å². The molecule has 0 radical (unpaired) electrons. The van der Waals surface area contributed by atoms with Crippen molar-refractivity contribution in [1.29, 1.82) is 0 Å². The molecule has 0 unspecified atom stereocenters. The predicted octanol–water partition coefficient (Wildman–Crippen LogP) is 3.27. The summed E-state index contributed by atoms with van der Waals surface area (Å²) in [5.74, 6) is 1.42. The maximum atomic E-state index is 10.8. The van der Waals surface area contributed by atoms with Gasteiger partial charge in [-0.15, -0.1) is 0 Å². The number of nitrogens with one attached hydrogen (secondary N) is 1. The summed E-state index contributed by atoms with van der Waals surface area (Å²) in [4.78, 5) is 10.5. The second-order valence-corrected chi connectivity index (χ2v) is 5.47. The summed E-state index contributed by atoms with van der Waals surface area (Å²) < 4.78 is 5.28. The fraction of sp³-hybridized carbons (Fsp3) is 0.600. The summed E-state index contributed by atoms with van der Waals surface area (Å²) >= 11 is 0. The van der Waals surface area contributed by atoms with Gasteiger partial charge in [0.15, 0.2) is 0 Å². The third-order valence-electron chi connectivity index (χ3n) is 4.20. The van der Waals surface area contributed by atoms with Gasteiger partial charge in [-0.3, -0.25) is 10.1 Å². The highest BCUT2D eigenvalue weighted by molar-refractivity contribution is 5.43. The summed E-state index contributed by atoms with van der Waals surface area (Å²) in [6.45, 7) is 2.79. The van der Waals surface area contributed by atoms with Crippen LogP contribution in [0.25, 0.3) is 0 Å². The second kappa shape index (κ2) is 6.70. The molecule has 1 fully saturated rings. The topological polar surface area (TPSA) is 64.4 Å². The molecule has 110 valence electrons. The largest absolute Gasteiger partial charge is 0.496 e. The van der Waals surface area contributed by atoms with Gasteiger partial charge in [-0.05, 0) is 31.7 Å². The zero-order valence-corrected chi connectivity index (χ0v) is 12.1. The van der Waals surface area contributed by atoms with Crippen LogP contribution in [0.2, 0.25) is 0 Å². The van der Waals surface area contributed by atoms with Crippen LogP contribution in [-0.4, -0.2) is 18.1 Å². The predicted molar refractivity (Wildman–Crippen MR) is 77.9 cm³/mol. The molecule has 0 amide bonds. The maximum Gasteiger partial charge on any atom is 0.270 e. The van der Waals surface area contributed by atoms with E-state index in [9.17, 15) is 10.1 Å². The van der Waals surface area contributed by atoms with Gasteiger partial charge in [0.05, 0.1) is 12.0 Å². The van der Waals surface area contributed by atoms with Gasteiger partial charge in [0, 0.05) is 30.3 Å². The number of ether oxygens (including phenoxy) is 1. The number of hydrogen-bond donors (Lipinski definition) is 1. The Kier molecular flexibility index (Phi) is 4.95. The van der Waals surface area contributed by atoms with E-state index in [1.54, 1.807) is 19.2 Å². The van der Waals surface area contributed by atoms with Crippen LogP contribution in [0.15, 0.2) is 18.2 Å². The molecule has 0 heterocycles. The molecule has 1 saturated carbocycles. The van der Waals surface area contributed by atoms with Crippen molar-refractivity contribution in [1.82, 2.24) is 5.32 Å². The summed E-state index contributed by atoms with van der Waals surface area (Å²) in [5, 5.41) is 14.3. The van der Waals surface area contributed by atoms with Crippen LogP contribution >= 0.6 is 0 Å². The average molecular weight is 278 g/mol. The van der Waals surface area contributed by atoms with Crippen molar-refractivity contribution < 1.29 is 9.66 Å². The molecule has 20 heavy (non-hydrogen) atoms. The molecular formula is C15H22N2O3. The Labute approximate surface area is 119 Å². The van der Waals surface area contributed by atoms with E-state index in [1.807, 2.05) is 0 Å². The van der Waals surface area contributed by atoms with E-state index in [2.05, 4.69) is 12.2 Å². The van der Waals surface area contributed by atoms with Crippen LogP contribution in [0, 0.1) is 16.0 Å². The molecule has 1 aliphatic rings. The molecule has 5 nitrogen and oxygen atoms in total. The molecular weight excluding hydrogens is 256 g/mol. The molecule has 1 atom stereocenters. The quantitative estimate of drug-likeness (QED) is 0.640. The fourth-order valence-electron chi connectivity index (χ4n) is 2.91. The Bertz CT molecular complexity index is 470. The molecule has 2 rings (SSSR count). The molecule has 1 aromatic rings. The molecule has 0 spiro atoms. The van der Waals surface area contributed by atoms with Crippen molar-refractivity contribution in [3.63, 3.8) is 0 Å². The summed E-state index contributed by atoms with van der Waals surface area (Å²) in [6.07, 6.45) is 5.19. The summed E-state index contributed by atoms with van der Waals surface area (Å²) in [5.41, 5.74) is 0.947. The van der Waals surface area contributed by atoms with E-state index in [0.717, 1.165) is 11.5 Å². The molecule has 1 N–H and O–H groups in total. The Morgan fingerprint density at radius 2 is 2.15 bits per heavy atom. The van der Waals surface area contributed by atoms with Gasteiger partial charge < -0.3 is 10.1 Å². The lowest BCUT2D eigenvalue weighted by Crippen LogP contribution is -2.31. The van der Waals surface area contributed by atoms with Gasteiger partial charge in [-0.1, -0.05) is 12.8 Å². The third kappa shape index (κ3) is 3.48. The van der Waals surface area contributed by atoms with E-state index in [0.29, 0.717) is 18.3 Å². The summed E-state index contributed by atoms with van der Waals surface area (Å²) in [7, 11) is 1.59. The highest BCUT2D eigenvalue weighted by atomic mass is 16.6. The Morgan fingerprint density at radius 3 is 2.75 bits per heavy atom. The molecule has 0 aliphatic heterocycles. The molecule has 1 aromatic carbocycles. The lowest BCUT2D eigenvalue weighted by atomic mass is 9.99. The van der Waals surface area contributed by atoms with Gasteiger partial charge in [0.1, 0.15) is 5.75 Å². The van der Waals surface area contributed by atoms with Crippen LogP contribution in [0.4, 0.5) is 5.69 Å². The Balaban J connectivity index is 2.03. The van der Waals surface area contributed by atoms with E-state index < -0.39 is 0 Å². The van der Waals surface area contributed by atoms with E-state index in [1.165, 1.54) is 31.7 Å². The van der Waals surface area contributed by atoms with Crippen LogP contribution in [0.5, 0.6) is 5.75 Å². The van der Waals surface area contributed by atoms with Crippen molar-refractivity contribution in [2.24, 2.45) is 5.92 Å². The number of benzene rings is 1. The lowest BCUT2D eigenvalue weighted by Gasteiger charge is -2.21. The Hall–Kier alpha value is -1.62. The van der Waals surface area contributed by atoms with Gasteiger partial charge in [-0.2, -0.15) is 0 Å². The second-order valence-electron chi connectivity index (χ2n) is 5.47. The van der Waals surface area contributed by atoms with Crippen molar-refractivity contribution in [3.8, 4) is 5.75 Å². The van der Waals surface area contributed by atoms with Crippen molar-refractivity contribution >= 4 is 5.69 Å². The normalized spacial score (nSPS) is 17.1. The average Bonchev–Trinajstić information content (AvgIpc) is 2.98. The van der Waals surface area contributed by atoms with Crippen molar-refractivity contribution in [3.05, 3.63) is 33.9 Å². The molecule has 0 aromatic heterocycles. The molecule has 1 aliphatic carbocycles. The van der Waals surface area contributed by atoms with Crippen LogP contribution in [-0.2, 0) is 6.54 Å². The minimum atomic E-state index is -0.372. The van der Waals surface area contributed by atoms with E-state index in [4.69, 9.17) is 4.74 Å². The monoisotopic (exact) mass is 278 g/mol. The zero-order valence-electron chi connectivity index (χ0n) is 12.1. The maximum absolute atomic E-state index is 10.8. The SMILES string of the molecule is COc1ccc([N+](=O)[O-])cc1CN[C@@H](C)C1CCCC1. The van der Waals surface area contributed by atoms with Gasteiger partial charge >= 0.3 is 0 Å². The zero-order chi connectivity index (χ0) is 14.5. The first-order valence-corrected chi connectivity index (χ1v) is 7.16. The number of nitrogens with zero attached hydrogens (tertiary/aromatic N) is 1. The summed E-state index contributed by atoms with van der Waals surface area (Å²) in [6, 6.07) is 5.16. The minimum absolute atomic E-state index is 0.108. The first kappa shape index (κ1) is 14.8. The smallest absolute Gasteiger partial charge is 0.270 e. The molecule has 0 saturated heterocycles. The van der Waals surface area contributed by atoms with Crippen LogP contribution < -0.4 is 10.1 Å². The van der Waals surface area contributed by atoms with Gasteiger partial charge in [0.2, 0.25) is 0 Å². The van der Waals surface area contributed by atoms with Gasteiger partial charge in [0.25, 0.3) is 5.69 Å². The van der Waals surface area contributed by atoms with Crippen molar-refractivity contribution in [2.45, 2.75) is 45.2 Å². The first-order valence-electron chi connectivity index (χ1n) is 7.16. The van der Waals surface area contributed by atoms with Crippen LogP contribution in [0.3, 0.4) is 0 Å². The standard InChI is InChI=1S/C15H22N2O3/c1-11(12-5-3-4-6-12)16-10-13-9-14(17(18)19)7-8-15(13)20-2/h7-9,11-12,16H,3-6,10H2,1-2H3/t11-/m0/s1. The molecule has 5 heteroatoms. The number of hydrogen-bond acceptors (Lipinski definition) is 4. The third-order valence-corrected chi connectivity index (χ3v) is 4.20. The fourth-order valence-corrected chi connectivity index (χ4v) is 2.91. The number of methoxy groups -OCH3 is 1. The van der Waals surface area contributed by atoms with E-state index in [-0.39, 0.29) is 10.6 Å². The number of rotatable bonds is 6. The molecule has 0 bridgehead atoms. The highest BCUT2D eigenvalue weighted by Gasteiger charge is 2.21. The number of nitro groups is 1. The Morgan fingerprint density at radius 1 is 1.45 bits per heavy atom. The highest BCUT2D eigenvalue weighted by Crippen LogP contribution is 2.28. The minimum Gasteiger partial charge on any atom is -0.496 e. The van der Waals surface area contributed by atoms with E-state index >= 15 is 0 Å². The van der Waals surface area contributed by atoms with Crippen molar-refractivity contribution in [2.75, 3.05) is 7.11 Å². The van der Waals surface area contributed by atoms with Gasteiger partial charge in [-0.25, -0.2) is 0 Å².